The summed E-state index contributed by atoms with van der Waals surface area (Å²) >= 11 is 0. The number of aliphatic hydroxyl groups excluding tert-OH is 1. The summed E-state index contributed by atoms with van der Waals surface area (Å²) in [5.41, 5.74) is 0.598. The zero-order valence-electron chi connectivity index (χ0n) is 11.6. The molecule has 0 aromatic heterocycles. The lowest BCUT2D eigenvalue weighted by atomic mass is 10.1. The standard InChI is InChI=1S/C14H20N2O4/c1-2-3-7-15(8-9-17)14(18)11-12-5-4-6-13(10-12)16(19)20/h4-6,10,17H,2-3,7-9,11H2,1H3. The van der Waals surface area contributed by atoms with E-state index in [4.69, 9.17) is 5.11 Å². The smallest absolute Gasteiger partial charge is 0.269 e. The second-order valence-corrected chi connectivity index (χ2v) is 4.56. The fourth-order valence-electron chi connectivity index (χ4n) is 1.90. The largest absolute Gasteiger partial charge is 0.395 e. The van der Waals surface area contributed by atoms with Gasteiger partial charge in [-0.05, 0) is 12.0 Å². The number of hydrogen-bond donors (Lipinski definition) is 1. The van der Waals surface area contributed by atoms with Gasteiger partial charge < -0.3 is 10.0 Å². The normalized spacial score (nSPS) is 10.3. The third-order valence-corrected chi connectivity index (χ3v) is 2.98. The molecule has 1 rings (SSSR count). The molecular weight excluding hydrogens is 260 g/mol. The van der Waals surface area contributed by atoms with Crippen LogP contribution in [0.15, 0.2) is 24.3 Å². The summed E-state index contributed by atoms with van der Waals surface area (Å²) in [6.07, 6.45) is 1.96. The molecule has 6 heteroatoms. The van der Waals surface area contributed by atoms with E-state index in [9.17, 15) is 14.9 Å². The van der Waals surface area contributed by atoms with Crippen molar-refractivity contribution in [1.29, 1.82) is 0 Å². The average molecular weight is 280 g/mol. The van der Waals surface area contributed by atoms with Crippen LogP contribution in [0.3, 0.4) is 0 Å². The van der Waals surface area contributed by atoms with Crippen LogP contribution in [0.25, 0.3) is 0 Å². The average Bonchev–Trinajstić information content (AvgIpc) is 2.43. The molecule has 0 radical (unpaired) electrons. The van der Waals surface area contributed by atoms with Crippen LogP contribution in [0.5, 0.6) is 0 Å². The number of aliphatic hydroxyl groups is 1. The Morgan fingerprint density at radius 1 is 1.40 bits per heavy atom. The summed E-state index contributed by atoms with van der Waals surface area (Å²) in [5, 5.41) is 19.7. The highest BCUT2D eigenvalue weighted by molar-refractivity contribution is 5.79. The van der Waals surface area contributed by atoms with E-state index in [1.54, 1.807) is 17.0 Å². The Kier molecular flexibility index (Phi) is 6.66. The number of carbonyl (C=O) groups excluding carboxylic acids is 1. The fourth-order valence-corrected chi connectivity index (χ4v) is 1.90. The molecule has 0 aliphatic carbocycles. The van der Waals surface area contributed by atoms with E-state index in [1.807, 2.05) is 6.92 Å². The molecule has 110 valence electrons. The van der Waals surface area contributed by atoms with Gasteiger partial charge in [-0.2, -0.15) is 0 Å². The van der Waals surface area contributed by atoms with Crippen LogP contribution < -0.4 is 0 Å². The van der Waals surface area contributed by atoms with E-state index in [2.05, 4.69) is 0 Å². The van der Waals surface area contributed by atoms with Crippen LogP contribution in [0.2, 0.25) is 0 Å². The van der Waals surface area contributed by atoms with Gasteiger partial charge in [0.15, 0.2) is 0 Å². The molecule has 0 saturated heterocycles. The molecule has 0 heterocycles. The van der Waals surface area contributed by atoms with Crippen LogP contribution in [-0.2, 0) is 11.2 Å². The summed E-state index contributed by atoms with van der Waals surface area (Å²) < 4.78 is 0. The van der Waals surface area contributed by atoms with Crippen LogP contribution in [0, 0.1) is 10.1 Å². The second-order valence-electron chi connectivity index (χ2n) is 4.56. The zero-order chi connectivity index (χ0) is 15.0. The number of unbranched alkanes of at least 4 members (excludes halogenated alkanes) is 1. The summed E-state index contributed by atoms with van der Waals surface area (Å²) in [5.74, 6) is -0.118. The van der Waals surface area contributed by atoms with Gasteiger partial charge in [0.1, 0.15) is 0 Å². The topological polar surface area (TPSA) is 83.7 Å². The Labute approximate surface area is 118 Å². The molecule has 0 spiro atoms. The first-order valence-corrected chi connectivity index (χ1v) is 6.70. The lowest BCUT2D eigenvalue weighted by Gasteiger charge is -2.21. The van der Waals surface area contributed by atoms with Gasteiger partial charge in [-0.15, -0.1) is 0 Å². The number of nitro groups is 1. The van der Waals surface area contributed by atoms with Gasteiger partial charge in [-0.25, -0.2) is 0 Å². The van der Waals surface area contributed by atoms with E-state index in [0.717, 1.165) is 12.8 Å². The molecule has 1 amide bonds. The van der Waals surface area contributed by atoms with Gasteiger partial charge in [-0.3, -0.25) is 14.9 Å². The minimum Gasteiger partial charge on any atom is -0.395 e. The Morgan fingerprint density at radius 2 is 2.15 bits per heavy atom. The summed E-state index contributed by atoms with van der Waals surface area (Å²) in [7, 11) is 0. The Balaban J connectivity index is 2.71. The predicted molar refractivity (Wildman–Crippen MR) is 75.4 cm³/mol. The molecule has 0 unspecified atom stereocenters. The Morgan fingerprint density at radius 3 is 2.75 bits per heavy atom. The Bertz CT molecular complexity index is 462. The van der Waals surface area contributed by atoms with Crippen LogP contribution >= 0.6 is 0 Å². The molecule has 6 nitrogen and oxygen atoms in total. The zero-order valence-corrected chi connectivity index (χ0v) is 11.6. The fraction of sp³-hybridized carbons (Fsp3) is 0.500. The lowest BCUT2D eigenvalue weighted by Crippen LogP contribution is -2.35. The van der Waals surface area contributed by atoms with Crippen molar-refractivity contribution in [3.63, 3.8) is 0 Å². The SMILES string of the molecule is CCCCN(CCO)C(=O)Cc1cccc([N+](=O)[O-])c1. The van der Waals surface area contributed by atoms with Crippen LogP contribution in [0.4, 0.5) is 5.69 Å². The maximum absolute atomic E-state index is 12.1. The number of non-ortho nitro benzene ring substituents is 1. The maximum Gasteiger partial charge on any atom is 0.269 e. The minimum absolute atomic E-state index is 0.0161. The summed E-state index contributed by atoms with van der Waals surface area (Å²) in [6.45, 7) is 2.85. The van der Waals surface area contributed by atoms with Crippen molar-refractivity contribution < 1.29 is 14.8 Å². The molecular formula is C14H20N2O4. The number of nitrogens with zero attached hydrogens (tertiary/aromatic N) is 2. The highest BCUT2D eigenvalue weighted by Crippen LogP contribution is 2.14. The first kappa shape index (κ1) is 16.1. The van der Waals surface area contributed by atoms with Crippen LogP contribution in [-0.4, -0.2) is 40.5 Å². The predicted octanol–water partition coefficient (Wildman–Crippen LogP) is 1.76. The highest BCUT2D eigenvalue weighted by atomic mass is 16.6. The third kappa shape index (κ3) is 4.97. The molecule has 0 bridgehead atoms. The molecule has 0 atom stereocenters. The summed E-state index contributed by atoms with van der Waals surface area (Å²) in [4.78, 5) is 24.0. The number of amides is 1. The van der Waals surface area contributed by atoms with Crippen molar-refractivity contribution in [2.24, 2.45) is 0 Å². The van der Waals surface area contributed by atoms with Gasteiger partial charge in [0, 0.05) is 25.2 Å². The first-order valence-electron chi connectivity index (χ1n) is 6.70. The number of benzene rings is 1. The quantitative estimate of drug-likeness (QED) is 0.581. The van der Waals surface area contributed by atoms with Crippen molar-refractivity contribution in [3.8, 4) is 0 Å². The molecule has 0 saturated carbocycles. The molecule has 0 aliphatic heterocycles. The second kappa shape index (κ2) is 8.27. The van der Waals surface area contributed by atoms with Crippen molar-refractivity contribution in [2.45, 2.75) is 26.2 Å². The highest BCUT2D eigenvalue weighted by Gasteiger charge is 2.14. The van der Waals surface area contributed by atoms with Crippen molar-refractivity contribution >= 4 is 11.6 Å². The van der Waals surface area contributed by atoms with E-state index in [-0.39, 0.29) is 24.6 Å². The van der Waals surface area contributed by atoms with E-state index >= 15 is 0 Å². The van der Waals surface area contributed by atoms with Gasteiger partial charge in [0.05, 0.1) is 18.0 Å². The molecule has 0 fully saturated rings. The van der Waals surface area contributed by atoms with Crippen molar-refractivity contribution in [2.75, 3.05) is 19.7 Å². The van der Waals surface area contributed by atoms with Gasteiger partial charge >= 0.3 is 0 Å². The third-order valence-electron chi connectivity index (χ3n) is 2.98. The number of hydrogen-bond acceptors (Lipinski definition) is 4. The number of rotatable bonds is 8. The van der Waals surface area contributed by atoms with E-state index in [0.29, 0.717) is 18.7 Å². The van der Waals surface area contributed by atoms with Crippen LogP contribution in [0.1, 0.15) is 25.3 Å². The van der Waals surface area contributed by atoms with E-state index < -0.39 is 4.92 Å². The maximum atomic E-state index is 12.1. The minimum atomic E-state index is -0.476. The lowest BCUT2D eigenvalue weighted by molar-refractivity contribution is -0.384. The van der Waals surface area contributed by atoms with Crippen molar-refractivity contribution in [1.82, 2.24) is 4.90 Å². The van der Waals surface area contributed by atoms with E-state index in [1.165, 1.54) is 12.1 Å². The first-order chi connectivity index (χ1) is 9.58. The van der Waals surface area contributed by atoms with Gasteiger partial charge in [0.2, 0.25) is 5.91 Å². The summed E-state index contributed by atoms with van der Waals surface area (Å²) in [6, 6.07) is 6.08. The number of carbonyl (C=O) groups is 1. The monoisotopic (exact) mass is 280 g/mol. The molecule has 1 aromatic rings. The molecule has 1 aromatic carbocycles. The number of nitro benzene ring substituents is 1. The Hall–Kier alpha value is -1.95. The van der Waals surface area contributed by atoms with Crippen molar-refractivity contribution in [3.05, 3.63) is 39.9 Å². The molecule has 0 aliphatic rings. The van der Waals surface area contributed by atoms with Gasteiger partial charge in [-0.1, -0.05) is 25.5 Å². The molecule has 1 N–H and O–H groups in total. The molecule has 20 heavy (non-hydrogen) atoms. The van der Waals surface area contributed by atoms with Gasteiger partial charge in [0.25, 0.3) is 5.69 Å².